The minimum absolute atomic E-state index is 0.143. The van der Waals surface area contributed by atoms with Gasteiger partial charge in [0, 0.05) is 12.1 Å². The largest absolute Gasteiger partial charge is 0.444 e. The third kappa shape index (κ3) is 11.0. The zero-order valence-corrected chi connectivity index (χ0v) is 24.4. The first-order valence-corrected chi connectivity index (χ1v) is 13.1. The van der Waals surface area contributed by atoms with Crippen LogP contribution in [0.25, 0.3) is 0 Å². The van der Waals surface area contributed by atoms with E-state index in [1.807, 2.05) is 73.6 Å². The van der Waals surface area contributed by atoms with Gasteiger partial charge in [-0.3, -0.25) is 9.59 Å². The van der Waals surface area contributed by atoms with Crippen molar-refractivity contribution in [3.63, 3.8) is 0 Å². The number of carbonyl (C=O) groups is 3. The molecule has 7 heteroatoms. The van der Waals surface area contributed by atoms with E-state index in [0.717, 1.165) is 29.5 Å². The number of alkyl carbamates (subject to hydrolysis) is 1. The van der Waals surface area contributed by atoms with Crippen LogP contribution in [-0.2, 0) is 14.3 Å². The monoisotopic (exact) mass is 503 g/mol. The van der Waals surface area contributed by atoms with E-state index in [0.29, 0.717) is 13.0 Å². The molecule has 2 unspecified atom stereocenters. The van der Waals surface area contributed by atoms with Crippen LogP contribution in [0.3, 0.4) is 0 Å². The predicted molar refractivity (Wildman–Crippen MR) is 146 cm³/mol. The fourth-order valence-corrected chi connectivity index (χ4v) is 4.12. The van der Waals surface area contributed by atoms with Gasteiger partial charge in [-0.25, -0.2) is 4.79 Å². The minimum Gasteiger partial charge on any atom is -0.444 e. The van der Waals surface area contributed by atoms with Crippen molar-refractivity contribution in [2.75, 3.05) is 6.54 Å². The van der Waals surface area contributed by atoms with Crippen LogP contribution >= 0.6 is 0 Å². The standard InChI is InChI=1S/C29H49N3O4/c1-12-13-14-32(26(34)23(15-19(2)3)30-27(35)36-29(9,10)11)24(25(33)31-28(6,7)8)22-17-20(4)16-21(5)18-22/h16-19,23-24H,12-15H2,1-11H3,(H,30,35)(H,31,33). The maximum absolute atomic E-state index is 14.1. The molecule has 3 amide bonds. The minimum atomic E-state index is -0.822. The second-order valence-electron chi connectivity index (χ2n) is 12.3. The van der Waals surface area contributed by atoms with E-state index in [9.17, 15) is 14.4 Å². The summed E-state index contributed by atoms with van der Waals surface area (Å²) in [5.41, 5.74) is 1.64. The third-order valence-electron chi connectivity index (χ3n) is 5.35. The quantitative estimate of drug-likeness (QED) is 0.421. The molecule has 0 aliphatic heterocycles. The van der Waals surface area contributed by atoms with E-state index in [1.54, 1.807) is 25.7 Å². The molecule has 0 saturated heterocycles. The lowest BCUT2D eigenvalue weighted by Gasteiger charge is -2.36. The highest BCUT2D eigenvalue weighted by Crippen LogP contribution is 2.27. The van der Waals surface area contributed by atoms with Gasteiger partial charge in [-0.2, -0.15) is 0 Å². The fourth-order valence-electron chi connectivity index (χ4n) is 4.12. The molecule has 0 saturated carbocycles. The van der Waals surface area contributed by atoms with Gasteiger partial charge >= 0.3 is 6.09 Å². The maximum atomic E-state index is 14.1. The summed E-state index contributed by atoms with van der Waals surface area (Å²) >= 11 is 0. The number of hydrogen-bond acceptors (Lipinski definition) is 4. The van der Waals surface area contributed by atoms with Crippen LogP contribution in [0.4, 0.5) is 4.79 Å². The van der Waals surface area contributed by atoms with Gasteiger partial charge < -0.3 is 20.3 Å². The molecule has 2 atom stereocenters. The summed E-state index contributed by atoms with van der Waals surface area (Å²) in [6.07, 6.45) is 1.38. The van der Waals surface area contributed by atoms with Crippen molar-refractivity contribution in [3.05, 3.63) is 34.9 Å². The van der Waals surface area contributed by atoms with Crippen molar-refractivity contribution < 1.29 is 19.1 Å². The van der Waals surface area contributed by atoms with Crippen LogP contribution in [0, 0.1) is 19.8 Å². The van der Waals surface area contributed by atoms with Gasteiger partial charge in [0.25, 0.3) is 0 Å². The Bertz CT molecular complexity index is 877. The molecule has 204 valence electrons. The smallest absolute Gasteiger partial charge is 0.408 e. The van der Waals surface area contributed by atoms with E-state index >= 15 is 0 Å². The van der Waals surface area contributed by atoms with Gasteiger partial charge in [-0.15, -0.1) is 0 Å². The molecular weight excluding hydrogens is 454 g/mol. The summed E-state index contributed by atoms with van der Waals surface area (Å²) in [5, 5.41) is 5.87. The van der Waals surface area contributed by atoms with Gasteiger partial charge in [0.1, 0.15) is 17.7 Å². The van der Waals surface area contributed by atoms with Gasteiger partial charge in [-0.05, 0) is 79.7 Å². The number of benzene rings is 1. The molecule has 0 heterocycles. The Morgan fingerprint density at radius 3 is 1.97 bits per heavy atom. The number of amides is 3. The van der Waals surface area contributed by atoms with Crippen LogP contribution in [-0.4, -0.2) is 46.5 Å². The Kier molecular flexibility index (Phi) is 11.5. The highest BCUT2D eigenvalue weighted by Gasteiger charge is 2.37. The number of unbranched alkanes of at least 4 members (excludes halogenated alkanes) is 1. The lowest BCUT2D eigenvalue weighted by atomic mass is 9.96. The number of carbonyl (C=O) groups excluding carboxylic acids is 3. The number of nitrogens with one attached hydrogen (secondary N) is 2. The molecule has 2 N–H and O–H groups in total. The molecule has 36 heavy (non-hydrogen) atoms. The lowest BCUT2D eigenvalue weighted by molar-refractivity contribution is -0.143. The summed E-state index contributed by atoms with van der Waals surface area (Å²) in [6.45, 7) is 21.5. The van der Waals surface area contributed by atoms with Crippen LogP contribution in [0.5, 0.6) is 0 Å². The Hall–Kier alpha value is -2.57. The molecule has 0 radical (unpaired) electrons. The normalized spacial score (nSPS) is 13.7. The van der Waals surface area contributed by atoms with E-state index in [-0.39, 0.29) is 17.7 Å². The predicted octanol–water partition coefficient (Wildman–Crippen LogP) is 5.83. The maximum Gasteiger partial charge on any atom is 0.408 e. The molecule has 7 nitrogen and oxygen atoms in total. The van der Waals surface area contributed by atoms with Crippen molar-refractivity contribution in [1.82, 2.24) is 15.5 Å². The number of ether oxygens (including phenoxy) is 1. The van der Waals surface area contributed by atoms with Gasteiger partial charge in [0.05, 0.1) is 0 Å². The van der Waals surface area contributed by atoms with Crippen LogP contribution in [0.1, 0.15) is 104 Å². The van der Waals surface area contributed by atoms with Crippen molar-refractivity contribution >= 4 is 17.9 Å². The molecule has 0 spiro atoms. The second-order valence-corrected chi connectivity index (χ2v) is 12.3. The Balaban J connectivity index is 3.57. The van der Waals surface area contributed by atoms with Crippen LogP contribution in [0.2, 0.25) is 0 Å². The summed E-state index contributed by atoms with van der Waals surface area (Å²) in [7, 11) is 0. The Labute approximate surface area is 218 Å². The molecular formula is C29H49N3O4. The van der Waals surface area contributed by atoms with E-state index in [2.05, 4.69) is 10.6 Å². The number of hydrogen-bond donors (Lipinski definition) is 2. The summed E-state index contributed by atoms with van der Waals surface area (Å²) in [5.74, 6) is -0.376. The first-order chi connectivity index (χ1) is 16.4. The Morgan fingerprint density at radius 1 is 0.972 bits per heavy atom. The molecule has 0 aromatic heterocycles. The average molecular weight is 504 g/mol. The molecule has 1 aromatic carbocycles. The third-order valence-corrected chi connectivity index (χ3v) is 5.35. The van der Waals surface area contributed by atoms with Gasteiger partial charge in [-0.1, -0.05) is 56.5 Å². The van der Waals surface area contributed by atoms with Gasteiger partial charge in [0.2, 0.25) is 11.8 Å². The van der Waals surface area contributed by atoms with Crippen molar-refractivity contribution in [2.24, 2.45) is 5.92 Å². The number of nitrogens with zero attached hydrogens (tertiary/aromatic N) is 1. The number of rotatable bonds is 10. The highest BCUT2D eigenvalue weighted by atomic mass is 16.6. The molecule has 1 rings (SSSR count). The summed E-state index contributed by atoms with van der Waals surface area (Å²) in [4.78, 5) is 42.1. The first kappa shape index (κ1) is 31.5. The topological polar surface area (TPSA) is 87.7 Å². The van der Waals surface area contributed by atoms with Crippen molar-refractivity contribution in [3.8, 4) is 0 Å². The van der Waals surface area contributed by atoms with Crippen molar-refractivity contribution in [1.29, 1.82) is 0 Å². The second kappa shape index (κ2) is 13.1. The molecule has 1 aromatic rings. The van der Waals surface area contributed by atoms with E-state index in [1.165, 1.54) is 0 Å². The van der Waals surface area contributed by atoms with Crippen LogP contribution in [0.15, 0.2) is 18.2 Å². The van der Waals surface area contributed by atoms with E-state index in [4.69, 9.17) is 4.74 Å². The number of aryl methyl sites for hydroxylation is 2. The summed E-state index contributed by atoms with van der Waals surface area (Å²) < 4.78 is 5.45. The lowest BCUT2D eigenvalue weighted by Crippen LogP contribution is -2.55. The Morgan fingerprint density at radius 2 is 1.53 bits per heavy atom. The molecule has 0 fully saturated rings. The van der Waals surface area contributed by atoms with Crippen LogP contribution < -0.4 is 10.6 Å². The highest BCUT2D eigenvalue weighted by molar-refractivity contribution is 5.92. The average Bonchev–Trinajstić information content (AvgIpc) is 2.65. The molecule has 0 bridgehead atoms. The zero-order chi connectivity index (χ0) is 27.8. The van der Waals surface area contributed by atoms with Gasteiger partial charge in [0.15, 0.2) is 0 Å². The van der Waals surface area contributed by atoms with Crippen molar-refractivity contribution in [2.45, 2.75) is 119 Å². The molecule has 0 aliphatic carbocycles. The zero-order valence-electron chi connectivity index (χ0n) is 24.4. The SMILES string of the molecule is CCCCN(C(=O)C(CC(C)C)NC(=O)OC(C)(C)C)C(C(=O)NC(C)(C)C)c1cc(C)cc(C)c1. The molecule has 0 aliphatic rings. The van der Waals surface area contributed by atoms with E-state index < -0.39 is 29.3 Å². The fraction of sp³-hybridized carbons (Fsp3) is 0.690. The summed E-state index contributed by atoms with van der Waals surface area (Å²) in [6, 6.07) is 4.34. The first-order valence-electron chi connectivity index (χ1n) is 13.1.